The number of urea groups is 1. The molecule has 2 aliphatic rings. The van der Waals surface area contributed by atoms with Gasteiger partial charge < -0.3 is 10.4 Å². The van der Waals surface area contributed by atoms with Gasteiger partial charge in [0.25, 0.3) is 0 Å². The Bertz CT molecular complexity index is 1010. The fourth-order valence-corrected chi connectivity index (χ4v) is 5.26. The van der Waals surface area contributed by atoms with Gasteiger partial charge in [-0.15, -0.1) is 15.7 Å². The molecule has 1 aromatic carbocycles. The van der Waals surface area contributed by atoms with Gasteiger partial charge in [-0.3, -0.25) is 0 Å². The number of hydrogen-bond acceptors (Lipinski definition) is 5. The Morgan fingerprint density at radius 2 is 1.92 bits per heavy atom. The van der Waals surface area contributed by atoms with E-state index in [0.717, 1.165) is 53.8 Å². The number of carbonyl (C=O) groups excluding carboxylic acids is 1. The number of carbonyl (C=O) groups is 1. The van der Waals surface area contributed by atoms with Gasteiger partial charge in [0.15, 0.2) is 9.92 Å². The van der Waals surface area contributed by atoms with Crippen LogP contribution in [0.2, 0.25) is 0 Å². The van der Waals surface area contributed by atoms with E-state index in [2.05, 4.69) is 20.7 Å². The number of aromatic nitrogens is 1. The van der Waals surface area contributed by atoms with Crippen LogP contribution in [0, 0.1) is 0 Å². The average Bonchev–Trinajstić information content (AvgIpc) is 2.93. The smallest absolute Gasteiger partial charge is 0.354 e. The summed E-state index contributed by atoms with van der Waals surface area (Å²) < 4.78 is 16.6. The number of rotatable bonds is 3. The predicted molar refractivity (Wildman–Crippen MR) is 101 cm³/mol. The molecule has 9 heteroatoms. The largest absolute Gasteiger partial charge is 0.383 e. The Balaban J connectivity index is 1.62. The Hall–Kier alpha value is -1.81. The van der Waals surface area contributed by atoms with E-state index in [9.17, 15) is 14.1 Å². The van der Waals surface area contributed by atoms with Crippen LogP contribution in [0.25, 0.3) is 0 Å². The highest BCUT2D eigenvalue weighted by Gasteiger charge is 2.28. The zero-order chi connectivity index (χ0) is 18.7. The minimum absolute atomic E-state index is 0.166. The van der Waals surface area contributed by atoms with Crippen molar-refractivity contribution in [2.75, 3.05) is 5.32 Å². The van der Waals surface area contributed by atoms with E-state index in [1.807, 2.05) is 0 Å². The Morgan fingerprint density at radius 3 is 2.38 bits per heavy atom. The van der Waals surface area contributed by atoms with E-state index < -0.39 is 21.5 Å². The summed E-state index contributed by atoms with van der Waals surface area (Å²) in [5.74, 6) is 0. The number of nitrogens with zero attached hydrogens (tertiary/aromatic N) is 2. The third-order valence-corrected chi connectivity index (χ3v) is 7.95. The van der Waals surface area contributed by atoms with Gasteiger partial charge in [-0.1, -0.05) is 6.07 Å². The highest BCUT2D eigenvalue weighted by atomic mass is 32.2. The van der Waals surface area contributed by atoms with Crippen molar-refractivity contribution in [1.82, 2.24) is 4.98 Å². The Morgan fingerprint density at radius 1 is 1.31 bits per heavy atom. The van der Waals surface area contributed by atoms with Crippen LogP contribution in [-0.2, 0) is 41.2 Å². The average molecular weight is 393 g/mol. The lowest BCUT2D eigenvalue weighted by Gasteiger charge is -2.31. The van der Waals surface area contributed by atoms with Crippen molar-refractivity contribution in [2.24, 2.45) is 9.50 Å². The van der Waals surface area contributed by atoms with E-state index in [-0.39, 0.29) is 4.21 Å². The molecule has 0 saturated heterocycles. The number of benzene rings is 1. The third-order valence-electron chi connectivity index (χ3n) is 4.76. The zero-order valence-corrected chi connectivity index (χ0v) is 16.2. The minimum atomic E-state index is -3.42. The van der Waals surface area contributed by atoms with E-state index in [0.29, 0.717) is 5.01 Å². The van der Waals surface area contributed by atoms with Gasteiger partial charge in [-0.05, 0) is 61.8 Å². The lowest BCUT2D eigenvalue weighted by atomic mass is 9.76. The number of aryl methyl sites for hydroxylation is 2. The highest BCUT2D eigenvalue weighted by Crippen LogP contribution is 2.40. The molecule has 1 atom stereocenters. The predicted octanol–water partition coefficient (Wildman–Crippen LogP) is 2.50. The van der Waals surface area contributed by atoms with Crippen LogP contribution in [0.5, 0.6) is 0 Å². The summed E-state index contributed by atoms with van der Waals surface area (Å²) in [6, 6.07) is 1.50. The summed E-state index contributed by atoms with van der Waals surface area (Å²) in [6.07, 6.45) is 5.21. The molecule has 1 heterocycles. The fourth-order valence-electron chi connectivity index (χ4n) is 3.20. The maximum Gasteiger partial charge on any atom is 0.354 e. The molecule has 0 bridgehead atoms. The first-order valence-electron chi connectivity index (χ1n) is 8.36. The molecule has 4 N–H and O–H groups in total. The second-order valence-electron chi connectivity index (χ2n) is 7.16. The van der Waals surface area contributed by atoms with Crippen molar-refractivity contribution in [3.8, 4) is 0 Å². The molecule has 2 amide bonds. The molecular formula is C17H20N4O3S2. The van der Waals surface area contributed by atoms with E-state index in [1.165, 1.54) is 17.3 Å². The molecule has 26 heavy (non-hydrogen) atoms. The molecule has 0 spiro atoms. The summed E-state index contributed by atoms with van der Waals surface area (Å²) in [5, 5.41) is 18.9. The summed E-state index contributed by atoms with van der Waals surface area (Å²) in [7, 11) is -3.42. The van der Waals surface area contributed by atoms with E-state index in [1.54, 1.807) is 13.8 Å². The Kier molecular flexibility index (Phi) is 3.96. The molecule has 4 rings (SSSR count). The number of anilines is 1. The molecule has 138 valence electrons. The number of hydrogen-bond donors (Lipinski definition) is 3. The number of nitrogens with two attached hydrogens (primary N) is 1. The second kappa shape index (κ2) is 5.85. The number of amides is 2. The molecule has 0 unspecified atom stereocenters. The van der Waals surface area contributed by atoms with Crippen LogP contribution in [0.1, 0.15) is 41.1 Å². The summed E-state index contributed by atoms with van der Waals surface area (Å²) >= 11 is 0.993. The minimum Gasteiger partial charge on any atom is -0.383 e. The first-order valence-corrected chi connectivity index (χ1v) is 10.8. The second-order valence-corrected chi connectivity index (χ2v) is 10.2. The SMILES string of the molecule is CC(C)(O)c1ncc([S@@](N)(=O)=NC(=O)Nc2c3c(cc4c2CC4)CC3)s1. The van der Waals surface area contributed by atoms with E-state index >= 15 is 0 Å². The standard InChI is InChI=1S/C17H20N4O3S2/c1-17(2,23)15-19-8-13(25-15)26(18,24)21-16(22)20-14-11-5-3-9(11)7-10-4-6-12(10)14/h7-8,23H,3-6H2,1-2H3,(H3,18,20,21,22,24)/t26-/m0/s1. The molecule has 7 nitrogen and oxygen atoms in total. The van der Waals surface area contributed by atoms with E-state index in [4.69, 9.17) is 5.14 Å². The molecule has 0 saturated carbocycles. The fraction of sp³-hybridized carbons (Fsp3) is 0.412. The van der Waals surface area contributed by atoms with Crippen LogP contribution in [0.15, 0.2) is 20.8 Å². The Labute approximate surface area is 156 Å². The lowest BCUT2D eigenvalue weighted by molar-refractivity contribution is 0.0783. The number of fused-ring (bicyclic) bond motifs is 2. The van der Waals surface area contributed by atoms with Crippen molar-refractivity contribution in [3.63, 3.8) is 0 Å². The van der Waals surface area contributed by atoms with Crippen molar-refractivity contribution in [3.05, 3.63) is 39.5 Å². The first kappa shape index (κ1) is 17.6. The normalized spacial score (nSPS) is 17.2. The van der Waals surface area contributed by atoms with Crippen LogP contribution in [0.3, 0.4) is 0 Å². The first-order chi connectivity index (χ1) is 12.1. The van der Waals surface area contributed by atoms with Gasteiger partial charge in [0, 0.05) is 5.69 Å². The van der Waals surface area contributed by atoms with Crippen LogP contribution in [-0.4, -0.2) is 20.3 Å². The van der Waals surface area contributed by atoms with Crippen molar-refractivity contribution < 1.29 is 14.1 Å². The molecule has 2 aromatic rings. The third kappa shape index (κ3) is 2.94. The topological polar surface area (TPSA) is 118 Å². The summed E-state index contributed by atoms with van der Waals surface area (Å²) in [5.41, 5.74) is 4.49. The van der Waals surface area contributed by atoms with Gasteiger partial charge in [-0.2, -0.15) is 0 Å². The van der Waals surface area contributed by atoms with Crippen LogP contribution in [0.4, 0.5) is 10.5 Å². The molecular weight excluding hydrogens is 372 g/mol. The van der Waals surface area contributed by atoms with Crippen molar-refractivity contribution in [2.45, 2.75) is 49.3 Å². The van der Waals surface area contributed by atoms with Crippen LogP contribution >= 0.6 is 11.3 Å². The number of nitrogens with one attached hydrogen (secondary N) is 1. The molecule has 2 aliphatic carbocycles. The van der Waals surface area contributed by atoms with Gasteiger partial charge in [-0.25, -0.2) is 19.1 Å². The van der Waals surface area contributed by atoms with Crippen molar-refractivity contribution in [1.29, 1.82) is 0 Å². The lowest BCUT2D eigenvalue weighted by Crippen LogP contribution is -2.24. The zero-order valence-electron chi connectivity index (χ0n) is 14.5. The molecule has 0 aliphatic heterocycles. The molecule has 1 aromatic heterocycles. The van der Waals surface area contributed by atoms with Gasteiger partial charge in [0.05, 0.1) is 6.20 Å². The van der Waals surface area contributed by atoms with Crippen molar-refractivity contribution >= 4 is 33.0 Å². The number of thiazole rings is 1. The summed E-state index contributed by atoms with van der Waals surface area (Å²) in [4.78, 5) is 16.4. The monoisotopic (exact) mass is 392 g/mol. The summed E-state index contributed by atoms with van der Waals surface area (Å²) in [6.45, 7) is 3.14. The molecule has 0 fully saturated rings. The van der Waals surface area contributed by atoms with Gasteiger partial charge in [0.2, 0.25) is 0 Å². The van der Waals surface area contributed by atoms with Gasteiger partial charge >= 0.3 is 6.03 Å². The number of aliphatic hydroxyl groups is 1. The molecule has 0 radical (unpaired) electrons. The van der Waals surface area contributed by atoms with Crippen LogP contribution < -0.4 is 10.5 Å². The van der Waals surface area contributed by atoms with Gasteiger partial charge in [0.1, 0.15) is 14.8 Å². The maximum absolute atomic E-state index is 12.7. The maximum atomic E-state index is 12.7. The quantitative estimate of drug-likeness (QED) is 0.744. The highest BCUT2D eigenvalue weighted by molar-refractivity contribution is 7.93.